The SMILES string of the molecule is CN1C(C)(C)CC(CNC(=O)CCc2nc3ccccc3s2)C1(C)C. The molecule has 0 saturated carbocycles. The van der Waals surface area contributed by atoms with Gasteiger partial charge in [-0.2, -0.15) is 0 Å². The third-order valence-corrected chi connectivity index (χ3v) is 7.06. The molecule has 1 unspecified atom stereocenters. The molecule has 136 valence electrons. The number of carbonyl (C=O) groups excluding carboxylic acids is 1. The van der Waals surface area contributed by atoms with Crippen LogP contribution in [-0.2, 0) is 11.2 Å². The summed E-state index contributed by atoms with van der Waals surface area (Å²) in [6, 6.07) is 8.13. The average Bonchev–Trinajstić information content (AvgIpc) is 3.04. The van der Waals surface area contributed by atoms with Gasteiger partial charge in [0, 0.05) is 30.5 Å². The lowest BCUT2D eigenvalue weighted by molar-refractivity contribution is -0.121. The van der Waals surface area contributed by atoms with Crippen molar-refractivity contribution in [3.8, 4) is 0 Å². The second-order valence-corrected chi connectivity index (χ2v) is 9.42. The molecule has 1 aliphatic heterocycles. The molecular weight excluding hydrogens is 330 g/mol. The Kier molecular flexibility index (Phi) is 4.91. The lowest BCUT2D eigenvalue weighted by atomic mass is 9.87. The Balaban J connectivity index is 1.51. The van der Waals surface area contributed by atoms with E-state index < -0.39 is 0 Å². The summed E-state index contributed by atoms with van der Waals surface area (Å²) in [5.74, 6) is 0.598. The predicted molar refractivity (Wildman–Crippen MR) is 105 cm³/mol. The van der Waals surface area contributed by atoms with Gasteiger partial charge in [0.15, 0.2) is 0 Å². The molecule has 25 heavy (non-hydrogen) atoms. The van der Waals surface area contributed by atoms with E-state index in [0.29, 0.717) is 18.8 Å². The number of rotatable bonds is 5. The monoisotopic (exact) mass is 359 g/mol. The lowest BCUT2D eigenvalue weighted by Gasteiger charge is -2.38. The van der Waals surface area contributed by atoms with E-state index in [-0.39, 0.29) is 17.0 Å². The van der Waals surface area contributed by atoms with Gasteiger partial charge in [-0.05, 0) is 59.2 Å². The van der Waals surface area contributed by atoms with Crippen molar-refractivity contribution in [2.45, 2.75) is 58.0 Å². The summed E-state index contributed by atoms with van der Waals surface area (Å²) in [5, 5.41) is 4.19. The van der Waals surface area contributed by atoms with Gasteiger partial charge >= 0.3 is 0 Å². The second-order valence-electron chi connectivity index (χ2n) is 8.31. The number of nitrogens with one attached hydrogen (secondary N) is 1. The van der Waals surface area contributed by atoms with E-state index in [0.717, 1.165) is 23.5 Å². The molecule has 1 aromatic carbocycles. The predicted octanol–water partition coefficient (Wildman–Crippen LogP) is 3.85. The minimum absolute atomic E-state index is 0.101. The molecule has 2 aromatic rings. The van der Waals surface area contributed by atoms with Crippen LogP contribution in [0.25, 0.3) is 10.2 Å². The zero-order valence-corrected chi connectivity index (χ0v) is 16.7. The lowest BCUT2D eigenvalue weighted by Crippen LogP contribution is -2.48. The summed E-state index contributed by atoms with van der Waals surface area (Å²) >= 11 is 1.68. The Hall–Kier alpha value is -1.46. The second kappa shape index (κ2) is 6.69. The zero-order chi connectivity index (χ0) is 18.2. The standard InChI is InChI=1S/C20H29N3OS/c1-19(2)12-14(20(3,4)23(19)5)13-21-17(24)10-11-18-22-15-8-6-7-9-16(15)25-18/h6-9,14H,10-13H2,1-5H3,(H,21,24). The number of para-hydroxylation sites is 1. The summed E-state index contributed by atoms with van der Waals surface area (Å²) in [4.78, 5) is 19.3. The van der Waals surface area contributed by atoms with E-state index in [9.17, 15) is 4.79 Å². The Morgan fingerprint density at radius 1 is 1.32 bits per heavy atom. The number of aromatic nitrogens is 1. The van der Waals surface area contributed by atoms with Crippen molar-refractivity contribution in [1.29, 1.82) is 0 Å². The first kappa shape index (κ1) is 18.3. The highest BCUT2D eigenvalue weighted by Crippen LogP contribution is 2.43. The van der Waals surface area contributed by atoms with Gasteiger partial charge in [0.25, 0.3) is 0 Å². The Labute approximate surface area is 154 Å². The molecule has 1 atom stereocenters. The van der Waals surface area contributed by atoms with Crippen LogP contribution in [0.3, 0.4) is 0 Å². The van der Waals surface area contributed by atoms with Crippen LogP contribution >= 0.6 is 11.3 Å². The quantitative estimate of drug-likeness (QED) is 0.882. The number of carbonyl (C=O) groups is 1. The average molecular weight is 360 g/mol. The number of amides is 1. The van der Waals surface area contributed by atoms with Crippen LogP contribution in [0.15, 0.2) is 24.3 Å². The Morgan fingerprint density at radius 3 is 2.68 bits per heavy atom. The molecule has 1 fully saturated rings. The van der Waals surface area contributed by atoms with Crippen LogP contribution in [0.4, 0.5) is 0 Å². The van der Waals surface area contributed by atoms with Crippen LogP contribution < -0.4 is 5.32 Å². The maximum atomic E-state index is 12.3. The highest BCUT2D eigenvalue weighted by molar-refractivity contribution is 7.18. The summed E-state index contributed by atoms with van der Waals surface area (Å²) in [6.45, 7) is 9.87. The molecule has 4 nitrogen and oxygen atoms in total. The minimum atomic E-state index is 0.101. The smallest absolute Gasteiger partial charge is 0.220 e. The van der Waals surface area contributed by atoms with E-state index >= 15 is 0 Å². The van der Waals surface area contributed by atoms with Gasteiger partial charge in [-0.15, -0.1) is 11.3 Å². The molecule has 3 rings (SSSR count). The fourth-order valence-electron chi connectivity index (χ4n) is 3.94. The van der Waals surface area contributed by atoms with Gasteiger partial charge in [-0.3, -0.25) is 9.69 Å². The number of likely N-dealkylation sites (tertiary alicyclic amines) is 1. The number of thiazole rings is 1. The topological polar surface area (TPSA) is 45.2 Å². The summed E-state index contributed by atoms with van der Waals surface area (Å²) in [5.41, 5.74) is 1.31. The Morgan fingerprint density at radius 2 is 2.04 bits per heavy atom. The molecule has 1 N–H and O–H groups in total. The number of hydrogen-bond donors (Lipinski definition) is 1. The van der Waals surface area contributed by atoms with E-state index in [1.54, 1.807) is 11.3 Å². The molecule has 1 amide bonds. The molecule has 5 heteroatoms. The van der Waals surface area contributed by atoms with Gasteiger partial charge in [-0.25, -0.2) is 4.98 Å². The number of hydrogen-bond acceptors (Lipinski definition) is 4. The van der Waals surface area contributed by atoms with Crippen molar-refractivity contribution < 1.29 is 4.79 Å². The zero-order valence-electron chi connectivity index (χ0n) is 15.9. The van der Waals surface area contributed by atoms with E-state index in [1.165, 1.54) is 4.70 Å². The number of aryl methyl sites for hydroxylation is 1. The fourth-order valence-corrected chi connectivity index (χ4v) is 4.91. The molecule has 0 spiro atoms. The molecule has 1 aliphatic rings. The van der Waals surface area contributed by atoms with E-state index in [1.807, 2.05) is 18.2 Å². The van der Waals surface area contributed by atoms with Crippen molar-refractivity contribution in [2.75, 3.05) is 13.6 Å². The van der Waals surface area contributed by atoms with Crippen LogP contribution in [0, 0.1) is 5.92 Å². The van der Waals surface area contributed by atoms with E-state index in [2.05, 4.69) is 56.0 Å². The van der Waals surface area contributed by atoms with Crippen molar-refractivity contribution >= 4 is 27.5 Å². The summed E-state index contributed by atoms with van der Waals surface area (Å²) in [7, 11) is 2.19. The van der Waals surface area contributed by atoms with Crippen LogP contribution in [0.1, 0.15) is 45.5 Å². The highest BCUT2D eigenvalue weighted by Gasteiger charge is 2.48. The summed E-state index contributed by atoms with van der Waals surface area (Å²) < 4.78 is 1.19. The number of benzene rings is 1. The normalized spacial score (nSPS) is 22.4. The van der Waals surface area contributed by atoms with Crippen LogP contribution in [-0.4, -0.2) is 40.5 Å². The van der Waals surface area contributed by atoms with Crippen molar-refractivity contribution in [1.82, 2.24) is 15.2 Å². The Bertz CT molecular complexity index is 732. The minimum Gasteiger partial charge on any atom is -0.356 e. The molecule has 0 bridgehead atoms. The number of nitrogens with zero attached hydrogens (tertiary/aromatic N) is 2. The van der Waals surface area contributed by atoms with E-state index in [4.69, 9.17) is 0 Å². The molecule has 0 radical (unpaired) electrons. The van der Waals surface area contributed by atoms with Crippen LogP contribution in [0.5, 0.6) is 0 Å². The number of fused-ring (bicyclic) bond motifs is 1. The van der Waals surface area contributed by atoms with Gasteiger partial charge < -0.3 is 5.32 Å². The molecular formula is C20H29N3OS. The molecule has 1 saturated heterocycles. The molecule has 0 aliphatic carbocycles. The first-order valence-corrected chi connectivity index (χ1v) is 9.87. The van der Waals surface area contributed by atoms with Crippen molar-refractivity contribution in [2.24, 2.45) is 5.92 Å². The first-order chi connectivity index (χ1) is 11.7. The largest absolute Gasteiger partial charge is 0.356 e. The maximum Gasteiger partial charge on any atom is 0.220 e. The summed E-state index contributed by atoms with van der Waals surface area (Å²) in [6.07, 6.45) is 2.32. The van der Waals surface area contributed by atoms with Gasteiger partial charge in [0.1, 0.15) is 0 Å². The fraction of sp³-hybridized carbons (Fsp3) is 0.600. The van der Waals surface area contributed by atoms with Crippen molar-refractivity contribution in [3.05, 3.63) is 29.3 Å². The van der Waals surface area contributed by atoms with Gasteiger partial charge in [-0.1, -0.05) is 12.1 Å². The molecule has 1 aromatic heterocycles. The van der Waals surface area contributed by atoms with Crippen LogP contribution in [0.2, 0.25) is 0 Å². The molecule has 2 heterocycles. The third kappa shape index (κ3) is 3.72. The van der Waals surface area contributed by atoms with Gasteiger partial charge in [0.05, 0.1) is 15.2 Å². The third-order valence-electron chi connectivity index (χ3n) is 5.97. The van der Waals surface area contributed by atoms with Crippen molar-refractivity contribution in [3.63, 3.8) is 0 Å². The van der Waals surface area contributed by atoms with Gasteiger partial charge in [0.2, 0.25) is 5.91 Å². The maximum absolute atomic E-state index is 12.3. The highest BCUT2D eigenvalue weighted by atomic mass is 32.1. The first-order valence-electron chi connectivity index (χ1n) is 9.05.